The van der Waals surface area contributed by atoms with Gasteiger partial charge in [-0.2, -0.15) is 0 Å². The van der Waals surface area contributed by atoms with Crippen LogP contribution >= 0.6 is 34.9 Å². The first-order valence-corrected chi connectivity index (χ1v) is 11.7. The highest BCUT2D eigenvalue weighted by molar-refractivity contribution is 8.00. The van der Waals surface area contributed by atoms with Gasteiger partial charge in [0.25, 0.3) is 0 Å². The summed E-state index contributed by atoms with van der Waals surface area (Å²) in [6, 6.07) is 7.19. The second-order valence-electron chi connectivity index (χ2n) is 6.52. The summed E-state index contributed by atoms with van der Waals surface area (Å²) in [5.41, 5.74) is 6.08. The summed E-state index contributed by atoms with van der Waals surface area (Å²) in [5, 5.41) is 10.9. The van der Waals surface area contributed by atoms with Crippen LogP contribution in [0.25, 0.3) is 10.2 Å². The molecule has 2 aromatic heterocycles. The number of nitrogens with two attached hydrogens (primary N) is 1. The van der Waals surface area contributed by atoms with E-state index in [0.717, 1.165) is 20.4 Å². The third-order valence-electron chi connectivity index (χ3n) is 4.05. The van der Waals surface area contributed by atoms with Gasteiger partial charge in [-0.3, -0.25) is 10.1 Å². The molecule has 3 N–H and O–H groups in total. The van der Waals surface area contributed by atoms with Crippen LogP contribution in [0.4, 0.5) is 4.79 Å². The zero-order valence-electron chi connectivity index (χ0n) is 16.3. The van der Waals surface area contributed by atoms with Crippen LogP contribution < -0.4 is 11.1 Å². The number of para-hydroxylation sites is 1. The largest absolute Gasteiger partial charge is 0.351 e. The topological polar surface area (TPSA) is 116 Å². The van der Waals surface area contributed by atoms with E-state index in [0.29, 0.717) is 17.5 Å². The molecule has 2 heterocycles. The number of aromatic nitrogens is 4. The van der Waals surface area contributed by atoms with Gasteiger partial charge in [0.05, 0.1) is 21.2 Å². The predicted molar refractivity (Wildman–Crippen MR) is 117 cm³/mol. The van der Waals surface area contributed by atoms with Gasteiger partial charge < -0.3 is 10.3 Å². The number of fused-ring (bicyclic) bond motifs is 1. The van der Waals surface area contributed by atoms with Crippen molar-refractivity contribution < 1.29 is 9.59 Å². The van der Waals surface area contributed by atoms with Crippen LogP contribution in [0.2, 0.25) is 0 Å². The summed E-state index contributed by atoms with van der Waals surface area (Å²) in [5.74, 6) is 1.01. The van der Waals surface area contributed by atoms with Crippen molar-refractivity contribution in [2.24, 2.45) is 11.7 Å². The fourth-order valence-corrected chi connectivity index (χ4v) is 5.79. The van der Waals surface area contributed by atoms with E-state index < -0.39 is 17.2 Å². The molecule has 1 unspecified atom stereocenters. The molecule has 0 spiro atoms. The Balaban J connectivity index is 1.73. The average Bonchev–Trinajstić information content (AvgIpc) is 3.26. The van der Waals surface area contributed by atoms with E-state index in [4.69, 9.17) is 5.73 Å². The lowest BCUT2D eigenvalue weighted by molar-refractivity contribution is -0.120. The maximum Gasteiger partial charge on any atom is 0.318 e. The minimum Gasteiger partial charge on any atom is -0.351 e. The Bertz CT molecular complexity index is 983. The summed E-state index contributed by atoms with van der Waals surface area (Å²) in [6.07, 6.45) is 0. The monoisotopic (exact) mass is 450 g/mol. The zero-order chi connectivity index (χ0) is 21.0. The first kappa shape index (κ1) is 21.6. The van der Waals surface area contributed by atoms with E-state index in [2.05, 4.69) is 26.6 Å². The summed E-state index contributed by atoms with van der Waals surface area (Å²) >= 11 is 4.56. The highest BCUT2D eigenvalue weighted by Crippen LogP contribution is 2.33. The molecule has 3 amide bonds. The molecule has 0 aliphatic rings. The van der Waals surface area contributed by atoms with Crippen molar-refractivity contribution in [3.05, 3.63) is 30.1 Å². The molecule has 3 aromatic rings. The molecule has 0 aliphatic heterocycles. The van der Waals surface area contributed by atoms with Crippen molar-refractivity contribution in [2.75, 3.05) is 0 Å². The molecule has 154 valence electrons. The average molecular weight is 451 g/mol. The molecule has 0 radical (unpaired) electrons. The molecule has 0 fully saturated rings. The number of thioether (sulfide) groups is 2. The number of rotatable bonds is 8. The van der Waals surface area contributed by atoms with E-state index in [9.17, 15) is 9.59 Å². The number of carbonyl (C=O) groups is 2. The van der Waals surface area contributed by atoms with Crippen LogP contribution in [0.5, 0.6) is 0 Å². The number of benzene rings is 1. The number of hydrogen-bond acceptors (Lipinski definition) is 8. The van der Waals surface area contributed by atoms with E-state index in [1.165, 1.54) is 11.8 Å². The third kappa shape index (κ3) is 5.28. The molecule has 0 saturated heterocycles. The Hall–Kier alpha value is -2.11. The summed E-state index contributed by atoms with van der Waals surface area (Å²) < 4.78 is 4.12. The maximum absolute atomic E-state index is 12.3. The van der Waals surface area contributed by atoms with Gasteiger partial charge in [0.2, 0.25) is 5.91 Å². The number of thiazole rings is 1. The Morgan fingerprint density at radius 3 is 2.69 bits per heavy atom. The van der Waals surface area contributed by atoms with Crippen LogP contribution in [-0.2, 0) is 17.1 Å². The molecule has 3 rings (SSSR count). The van der Waals surface area contributed by atoms with Crippen molar-refractivity contribution in [3.8, 4) is 0 Å². The number of hydrogen-bond donors (Lipinski definition) is 2. The minimum atomic E-state index is -0.855. The van der Waals surface area contributed by atoms with Gasteiger partial charge >= 0.3 is 6.03 Å². The van der Waals surface area contributed by atoms with Crippen LogP contribution in [0.3, 0.4) is 0 Å². The molecule has 11 heteroatoms. The first-order valence-electron chi connectivity index (χ1n) is 9.06. The SMILES string of the molecule is CCn1c(CSc2nc3ccccc3s2)nnc1SC(C(=O)NC(N)=O)C(C)C. The van der Waals surface area contributed by atoms with Gasteiger partial charge in [0.1, 0.15) is 5.82 Å². The van der Waals surface area contributed by atoms with Crippen molar-refractivity contribution in [3.63, 3.8) is 0 Å². The number of primary amides is 1. The molecule has 1 aromatic carbocycles. The summed E-state index contributed by atoms with van der Waals surface area (Å²) in [6.45, 7) is 6.50. The number of urea groups is 1. The maximum atomic E-state index is 12.3. The molecule has 0 bridgehead atoms. The van der Waals surface area contributed by atoms with Gasteiger partial charge in [-0.1, -0.05) is 49.5 Å². The van der Waals surface area contributed by atoms with E-state index in [1.54, 1.807) is 23.1 Å². The molecule has 1 atom stereocenters. The van der Waals surface area contributed by atoms with E-state index >= 15 is 0 Å². The normalized spacial score (nSPS) is 12.4. The molecule has 0 saturated carbocycles. The number of amides is 3. The second-order valence-corrected chi connectivity index (χ2v) is 9.88. The molecule has 0 aliphatic carbocycles. The van der Waals surface area contributed by atoms with Crippen LogP contribution in [0.15, 0.2) is 33.8 Å². The van der Waals surface area contributed by atoms with Gasteiger partial charge in [-0.15, -0.1) is 21.5 Å². The Kier molecular flexibility index (Phi) is 7.14. The zero-order valence-corrected chi connectivity index (χ0v) is 18.7. The van der Waals surface area contributed by atoms with Gasteiger partial charge in [0.15, 0.2) is 9.50 Å². The highest BCUT2D eigenvalue weighted by atomic mass is 32.2. The summed E-state index contributed by atoms with van der Waals surface area (Å²) in [7, 11) is 0. The Labute approximate surface area is 181 Å². The fourth-order valence-electron chi connectivity index (χ4n) is 2.67. The van der Waals surface area contributed by atoms with E-state index in [-0.39, 0.29) is 5.92 Å². The number of carbonyl (C=O) groups excluding carboxylic acids is 2. The van der Waals surface area contributed by atoms with Crippen molar-refractivity contribution in [2.45, 2.75) is 47.8 Å². The van der Waals surface area contributed by atoms with Crippen LogP contribution in [0, 0.1) is 5.92 Å². The van der Waals surface area contributed by atoms with Gasteiger partial charge in [-0.25, -0.2) is 9.78 Å². The molecular formula is C18H22N6O2S3. The summed E-state index contributed by atoms with van der Waals surface area (Å²) in [4.78, 5) is 28.0. The number of imide groups is 1. The minimum absolute atomic E-state index is 0.0121. The number of nitrogens with one attached hydrogen (secondary N) is 1. The first-order chi connectivity index (χ1) is 13.9. The third-order valence-corrected chi connectivity index (χ3v) is 7.75. The van der Waals surface area contributed by atoms with Gasteiger partial charge in [-0.05, 0) is 25.0 Å². The van der Waals surface area contributed by atoms with Crippen molar-refractivity contribution >= 4 is 57.0 Å². The van der Waals surface area contributed by atoms with Crippen LogP contribution in [-0.4, -0.2) is 36.9 Å². The second kappa shape index (κ2) is 9.59. The molecule has 29 heavy (non-hydrogen) atoms. The fraction of sp³-hybridized carbons (Fsp3) is 0.389. The smallest absolute Gasteiger partial charge is 0.318 e. The molecular weight excluding hydrogens is 428 g/mol. The Morgan fingerprint density at radius 2 is 2.03 bits per heavy atom. The highest BCUT2D eigenvalue weighted by Gasteiger charge is 2.27. The van der Waals surface area contributed by atoms with Crippen molar-refractivity contribution in [1.29, 1.82) is 0 Å². The number of nitrogens with zero attached hydrogens (tertiary/aromatic N) is 4. The van der Waals surface area contributed by atoms with E-state index in [1.807, 2.05) is 43.5 Å². The van der Waals surface area contributed by atoms with Gasteiger partial charge in [0, 0.05) is 6.54 Å². The lowest BCUT2D eigenvalue weighted by atomic mass is 10.1. The Morgan fingerprint density at radius 1 is 1.28 bits per heavy atom. The van der Waals surface area contributed by atoms with Crippen LogP contribution in [0.1, 0.15) is 26.6 Å². The van der Waals surface area contributed by atoms with Crippen molar-refractivity contribution in [1.82, 2.24) is 25.1 Å². The predicted octanol–water partition coefficient (Wildman–Crippen LogP) is 3.51. The lowest BCUT2D eigenvalue weighted by Crippen LogP contribution is -2.42. The lowest BCUT2D eigenvalue weighted by Gasteiger charge is -2.18. The quantitative estimate of drug-likeness (QED) is 0.505. The molecule has 8 nitrogen and oxygen atoms in total. The standard InChI is InChI=1S/C18H22N6O2S3/c1-4-24-13(9-27-18-20-11-7-5-6-8-12(11)28-18)22-23-17(24)29-14(10(2)3)15(25)21-16(19)26/h5-8,10,14H,4,9H2,1-3H3,(H3,19,21,25,26).